The number of carbonyl (C=O) groups excluding carboxylic acids is 2. The molecule has 0 spiro atoms. The number of carbonyl (C=O) groups is 2. The number of hydrogen-bond donors (Lipinski definition) is 1. The van der Waals surface area contributed by atoms with E-state index in [1.54, 1.807) is 11.9 Å². The molecule has 0 unspecified atom stereocenters. The van der Waals surface area contributed by atoms with E-state index in [9.17, 15) is 9.59 Å². The lowest BCUT2D eigenvalue weighted by Gasteiger charge is -2.19. The van der Waals surface area contributed by atoms with Gasteiger partial charge in [0.05, 0.1) is 6.54 Å². The van der Waals surface area contributed by atoms with Crippen molar-refractivity contribution in [1.29, 1.82) is 0 Å². The third-order valence-electron chi connectivity index (χ3n) is 3.33. The van der Waals surface area contributed by atoms with Crippen LogP contribution in [0.1, 0.15) is 32.1 Å². The number of hydrogen-bond acceptors (Lipinski definition) is 2. The highest BCUT2D eigenvalue weighted by molar-refractivity contribution is 6.27. The smallest absolute Gasteiger partial charge is 0.241 e. The summed E-state index contributed by atoms with van der Waals surface area (Å²) in [6.07, 6.45) is 6.32. The summed E-state index contributed by atoms with van der Waals surface area (Å²) in [5, 5.41) is 2.48. The highest BCUT2D eigenvalue weighted by atomic mass is 35.5. The zero-order chi connectivity index (χ0) is 12.7. The Hall–Kier alpha value is -0.770. The lowest BCUT2D eigenvalue weighted by Crippen LogP contribution is -2.39. The fourth-order valence-electron chi connectivity index (χ4n) is 2.16. The van der Waals surface area contributed by atoms with Gasteiger partial charge in [0.2, 0.25) is 11.8 Å². The molecule has 0 radical (unpaired) electrons. The van der Waals surface area contributed by atoms with Crippen LogP contribution in [0.3, 0.4) is 0 Å². The van der Waals surface area contributed by atoms with Gasteiger partial charge >= 0.3 is 0 Å². The minimum Gasteiger partial charge on any atom is -0.346 e. The Morgan fingerprint density at radius 1 is 1.35 bits per heavy atom. The third-order valence-corrected chi connectivity index (χ3v) is 3.57. The predicted octanol–water partition coefficient (Wildman–Crippen LogP) is 1.38. The molecular formula is C12H21ClN2O2. The van der Waals surface area contributed by atoms with Crippen LogP contribution in [0.4, 0.5) is 0 Å². The van der Waals surface area contributed by atoms with Gasteiger partial charge in [0.15, 0.2) is 0 Å². The van der Waals surface area contributed by atoms with Crippen LogP contribution >= 0.6 is 11.6 Å². The van der Waals surface area contributed by atoms with Crippen LogP contribution in [0.2, 0.25) is 0 Å². The largest absolute Gasteiger partial charge is 0.346 e. The van der Waals surface area contributed by atoms with Crippen LogP contribution in [0, 0.1) is 5.92 Å². The van der Waals surface area contributed by atoms with E-state index >= 15 is 0 Å². The molecule has 4 nitrogen and oxygen atoms in total. The van der Waals surface area contributed by atoms with Gasteiger partial charge in [0.1, 0.15) is 5.88 Å². The lowest BCUT2D eigenvalue weighted by molar-refractivity contribution is -0.131. The first-order chi connectivity index (χ1) is 8.13. The molecule has 0 aromatic heterocycles. The molecule has 5 heteroatoms. The van der Waals surface area contributed by atoms with Gasteiger partial charge in [-0.3, -0.25) is 9.59 Å². The highest BCUT2D eigenvalue weighted by Gasteiger charge is 2.17. The SMILES string of the molecule is CN(CCC1CCCC1)C(=O)CNC(=O)CCl. The average molecular weight is 261 g/mol. The number of likely N-dealkylation sites (N-methyl/N-ethyl adjacent to an activating group) is 1. The Bertz CT molecular complexity index is 265. The van der Waals surface area contributed by atoms with E-state index in [4.69, 9.17) is 11.6 Å². The zero-order valence-electron chi connectivity index (χ0n) is 10.4. The van der Waals surface area contributed by atoms with Crippen molar-refractivity contribution in [3.8, 4) is 0 Å². The molecule has 1 aliphatic rings. The number of rotatable bonds is 6. The van der Waals surface area contributed by atoms with Gasteiger partial charge in [-0.2, -0.15) is 0 Å². The second-order valence-electron chi connectivity index (χ2n) is 4.66. The van der Waals surface area contributed by atoms with E-state index in [0.717, 1.165) is 18.9 Å². The van der Waals surface area contributed by atoms with Crippen LogP contribution in [0.25, 0.3) is 0 Å². The maximum atomic E-state index is 11.6. The molecule has 1 N–H and O–H groups in total. The van der Waals surface area contributed by atoms with Crippen LogP contribution in [0.5, 0.6) is 0 Å². The van der Waals surface area contributed by atoms with E-state index in [2.05, 4.69) is 5.32 Å². The Kier molecular flexibility index (Phi) is 6.34. The van der Waals surface area contributed by atoms with Crippen LogP contribution in [-0.4, -0.2) is 42.7 Å². The Balaban J connectivity index is 2.14. The topological polar surface area (TPSA) is 49.4 Å². The van der Waals surface area contributed by atoms with Gasteiger partial charge in [0, 0.05) is 13.6 Å². The molecular weight excluding hydrogens is 240 g/mol. The molecule has 1 aliphatic carbocycles. The third kappa shape index (κ3) is 5.39. The molecule has 0 atom stereocenters. The van der Waals surface area contributed by atoms with E-state index in [1.165, 1.54) is 25.7 Å². The molecule has 0 aromatic rings. The number of halogens is 1. The number of amides is 2. The van der Waals surface area contributed by atoms with Crippen molar-refractivity contribution in [2.24, 2.45) is 5.92 Å². The molecule has 2 amide bonds. The van der Waals surface area contributed by atoms with Crippen LogP contribution < -0.4 is 5.32 Å². The predicted molar refractivity (Wildman–Crippen MR) is 67.9 cm³/mol. The summed E-state index contributed by atoms with van der Waals surface area (Å²) in [7, 11) is 1.78. The first kappa shape index (κ1) is 14.3. The molecule has 0 aromatic carbocycles. The van der Waals surface area contributed by atoms with Crippen molar-refractivity contribution < 1.29 is 9.59 Å². The normalized spacial score (nSPS) is 15.9. The molecule has 0 bridgehead atoms. The molecule has 1 rings (SSSR count). The molecule has 1 fully saturated rings. The standard InChI is InChI=1S/C12H21ClN2O2/c1-15(7-6-10-4-2-3-5-10)12(17)9-14-11(16)8-13/h10H,2-9H2,1H3,(H,14,16). The zero-order valence-corrected chi connectivity index (χ0v) is 11.1. The average Bonchev–Trinajstić information content (AvgIpc) is 2.85. The van der Waals surface area contributed by atoms with Gasteiger partial charge in [-0.15, -0.1) is 11.6 Å². The number of nitrogens with zero attached hydrogens (tertiary/aromatic N) is 1. The maximum Gasteiger partial charge on any atom is 0.241 e. The van der Waals surface area contributed by atoms with Crippen molar-refractivity contribution in [3.05, 3.63) is 0 Å². The quantitative estimate of drug-likeness (QED) is 0.734. The molecule has 1 saturated carbocycles. The summed E-state index contributed by atoms with van der Waals surface area (Å²) in [6, 6.07) is 0. The fourth-order valence-corrected chi connectivity index (χ4v) is 2.25. The van der Waals surface area contributed by atoms with Gasteiger partial charge < -0.3 is 10.2 Å². The summed E-state index contributed by atoms with van der Waals surface area (Å²) in [4.78, 5) is 24.2. The first-order valence-electron chi connectivity index (χ1n) is 6.20. The summed E-state index contributed by atoms with van der Waals surface area (Å²) in [5.74, 6) is 0.326. The van der Waals surface area contributed by atoms with E-state index in [-0.39, 0.29) is 24.2 Å². The lowest BCUT2D eigenvalue weighted by atomic mass is 10.0. The van der Waals surface area contributed by atoms with Crippen molar-refractivity contribution >= 4 is 23.4 Å². The van der Waals surface area contributed by atoms with E-state index < -0.39 is 0 Å². The van der Waals surface area contributed by atoms with Gasteiger partial charge in [-0.25, -0.2) is 0 Å². The van der Waals surface area contributed by atoms with Gasteiger partial charge in [-0.05, 0) is 12.3 Å². The summed E-state index contributed by atoms with van der Waals surface area (Å²) in [5.41, 5.74) is 0. The van der Waals surface area contributed by atoms with Crippen LogP contribution in [0.15, 0.2) is 0 Å². The maximum absolute atomic E-state index is 11.6. The van der Waals surface area contributed by atoms with Crippen molar-refractivity contribution in [2.75, 3.05) is 26.0 Å². The Labute approximate surface area is 108 Å². The van der Waals surface area contributed by atoms with E-state index in [0.29, 0.717) is 0 Å². The van der Waals surface area contributed by atoms with Crippen LogP contribution in [-0.2, 0) is 9.59 Å². The highest BCUT2D eigenvalue weighted by Crippen LogP contribution is 2.27. The van der Waals surface area contributed by atoms with Gasteiger partial charge in [-0.1, -0.05) is 25.7 Å². The fraction of sp³-hybridized carbons (Fsp3) is 0.833. The van der Waals surface area contributed by atoms with Crippen molar-refractivity contribution in [2.45, 2.75) is 32.1 Å². The minimum absolute atomic E-state index is 0.0483. The van der Waals surface area contributed by atoms with Crippen molar-refractivity contribution in [3.63, 3.8) is 0 Å². The molecule has 98 valence electrons. The summed E-state index contributed by atoms with van der Waals surface area (Å²) >= 11 is 5.33. The minimum atomic E-state index is -0.302. The Morgan fingerprint density at radius 3 is 2.59 bits per heavy atom. The second kappa shape index (κ2) is 7.54. The summed E-state index contributed by atoms with van der Waals surface area (Å²) < 4.78 is 0. The Morgan fingerprint density at radius 2 is 2.00 bits per heavy atom. The summed E-state index contributed by atoms with van der Waals surface area (Å²) in [6.45, 7) is 0.826. The first-order valence-corrected chi connectivity index (χ1v) is 6.73. The number of alkyl halides is 1. The monoisotopic (exact) mass is 260 g/mol. The molecule has 17 heavy (non-hydrogen) atoms. The second-order valence-corrected chi connectivity index (χ2v) is 4.93. The molecule has 0 aliphatic heterocycles. The van der Waals surface area contributed by atoms with Gasteiger partial charge in [0.25, 0.3) is 0 Å². The van der Waals surface area contributed by atoms with Crippen molar-refractivity contribution in [1.82, 2.24) is 10.2 Å². The number of nitrogens with one attached hydrogen (secondary N) is 1. The van der Waals surface area contributed by atoms with E-state index in [1.807, 2.05) is 0 Å². The molecule has 0 heterocycles. The molecule has 0 saturated heterocycles.